The number of aromatic nitrogens is 2. The van der Waals surface area contributed by atoms with Crippen LogP contribution in [0.2, 0.25) is 0 Å². The summed E-state index contributed by atoms with van der Waals surface area (Å²) in [5.74, 6) is 0.378. The van der Waals surface area contributed by atoms with Gasteiger partial charge in [-0.3, -0.25) is 4.79 Å². The van der Waals surface area contributed by atoms with Crippen LogP contribution in [-0.2, 0) is 6.42 Å². The first-order valence-electron chi connectivity index (χ1n) is 5.19. The molecule has 0 radical (unpaired) electrons. The van der Waals surface area contributed by atoms with Crippen molar-refractivity contribution in [2.24, 2.45) is 0 Å². The third-order valence-corrected chi connectivity index (χ3v) is 2.73. The highest BCUT2D eigenvalue weighted by Crippen LogP contribution is 2.23. The molecule has 0 unspecified atom stereocenters. The number of nitrogens with zero attached hydrogens (tertiary/aromatic N) is 1. The molecule has 0 aliphatic heterocycles. The maximum atomic E-state index is 11.7. The first-order valence-corrected chi connectivity index (χ1v) is 5.99. The molecule has 90 valence electrons. The maximum absolute atomic E-state index is 11.7. The molecule has 0 aromatic carbocycles. The van der Waals surface area contributed by atoms with E-state index in [9.17, 15) is 9.90 Å². The monoisotopic (exact) mass is 298 g/mol. The summed E-state index contributed by atoms with van der Waals surface area (Å²) in [6.45, 7) is 1.93. The Hall–Kier alpha value is -1.56. The molecule has 0 saturated heterocycles. The van der Waals surface area contributed by atoms with Gasteiger partial charge in [-0.05, 0) is 34.5 Å². The fourth-order valence-corrected chi connectivity index (χ4v) is 1.83. The van der Waals surface area contributed by atoms with Gasteiger partial charge in [-0.25, -0.2) is 0 Å². The molecule has 5 nitrogen and oxygen atoms in total. The first kappa shape index (κ1) is 11.9. The fourth-order valence-electron chi connectivity index (χ4n) is 1.52. The zero-order valence-electron chi connectivity index (χ0n) is 9.16. The molecule has 0 spiro atoms. The van der Waals surface area contributed by atoms with Crippen molar-refractivity contribution in [2.75, 3.05) is 0 Å². The lowest BCUT2D eigenvalue weighted by atomic mass is 10.2. The quantitative estimate of drug-likeness (QED) is 0.912. The van der Waals surface area contributed by atoms with E-state index in [1.165, 1.54) is 0 Å². The third kappa shape index (κ3) is 2.41. The maximum Gasteiger partial charge on any atom is 0.258 e. The van der Waals surface area contributed by atoms with Crippen LogP contribution < -0.4 is 5.56 Å². The number of halogens is 1. The Balaban J connectivity index is 2.49. The van der Waals surface area contributed by atoms with Crippen LogP contribution in [-0.4, -0.2) is 15.1 Å². The van der Waals surface area contributed by atoms with Gasteiger partial charge in [0.1, 0.15) is 0 Å². The lowest BCUT2D eigenvalue weighted by Gasteiger charge is -2.02. The van der Waals surface area contributed by atoms with Gasteiger partial charge in [0.25, 0.3) is 5.56 Å². The van der Waals surface area contributed by atoms with E-state index in [4.69, 9.17) is 4.42 Å². The van der Waals surface area contributed by atoms with E-state index >= 15 is 0 Å². The second-order valence-corrected chi connectivity index (χ2v) is 4.35. The van der Waals surface area contributed by atoms with Crippen molar-refractivity contribution < 1.29 is 9.52 Å². The van der Waals surface area contributed by atoms with Crippen molar-refractivity contribution in [3.63, 3.8) is 0 Å². The number of furan rings is 1. The van der Waals surface area contributed by atoms with Crippen molar-refractivity contribution in [3.05, 3.63) is 32.7 Å². The van der Waals surface area contributed by atoms with Crippen molar-refractivity contribution >= 4 is 15.9 Å². The molecule has 2 rings (SSSR count). The van der Waals surface area contributed by atoms with Gasteiger partial charge in [0.2, 0.25) is 5.88 Å². The second kappa shape index (κ2) is 4.75. The summed E-state index contributed by atoms with van der Waals surface area (Å²) in [7, 11) is 0. The van der Waals surface area contributed by atoms with Gasteiger partial charge in [-0.1, -0.05) is 13.3 Å². The molecule has 0 amide bonds. The van der Waals surface area contributed by atoms with Crippen molar-refractivity contribution in [3.8, 4) is 17.5 Å². The number of rotatable bonds is 3. The molecule has 0 aliphatic carbocycles. The molecule has 0 saturated carbocycles. The van der Waals surface area contributed by atoms with Crippen molar-refractivity contribution in [1.29, 1.82) is 0 Å². The molecular formula is C11H11BrN2O3. The van der Waals surface area contributed by atoms with Crippen LogP contribution in [0.15, 0.2) is 26.0 Å². The number of nitrogens with one attached hydrogen (secondary N) is 1. The smallest absolute Gasteiger partial charge is 0.258 e. The molecule has 2 heterocycles. The van der Waals surface area contributed by atoms with Gasteiger partial charge in [0.15, 0.2) is 16.3 Å². The topological polar surface area (TPSA) is 79.1 Å². The molecule has 2 aromatic rings. The van der Waals surface area contributed by atoms with Gasteiger partial charge in [-0.15, -0.1) is 0 Å². The Morgan fingerprint density at radius 1 is 1.53 bits per heavy atom. The summed E-state index contributed by atoms with van der Waals surface area (Å²) in [4.78, 5) is 18.2. The lowest BCUT2D eigenvalue weighted by Crippen LogP contribution is -2.14. The van der Waals surface area contributed by atoms with E-state index in [2.05, 4.69) is 25.9 Å². The Morgan fingerprint density at radius 2 is 2.29 bits per heavy atom. The Kier molecular flexibility index (Phi) is 3.33. The minimum absolute atomic E-state index is 0.220. The van der Waals surface area contributed by atoms with E-state index in [-0.39, 0.29) is 17.3 Å². The summed E-state index contributed by atoms with van der Waals surface area (Å²) in [6.07, 6.45) is 1.26. The zero-order valence-corrected chi connectivity index (χ0v) is 10.7. The van der Waals surface area contributed by atoms with Crippen molar-refractivity contribution in [1.82, 2.24) is 9.97 Å². The average molecular weight is 299 g/mol. The van der Waals surface area contributed by atoms with Crippen LogP contribution >= 0.6 is 15.9 Å². The Morgan fingerprint density at radius 3 is 2.82 bits per heavy atom. The summed E-state index contributed by atoms with van der Waals surface area (Å²) in [6, 6.07) is 3.34. The molecule has 2 N–H and O–H groups in total. The molecule has 0 atom stereocenters. The van der Waals surface area contributed by atoms with E-state index in [1.54, 1.807) is 12.1 Å². The van der Waals surface area contributed by atoms with E-state index in [0.717, 1.165) is 6.42 Å². The van der Waals surface area contributed by atoms with Crippen LogP contribution in [0.25, 0.3) is 11.6 Å². The summed E-state index contributed by atoms with van der Waals surface area (Å²) in [5.41, 5.74) is -0.0243. The van der Waals surface area contributed by atoms with Crippen LogP contribution in [0.1, 0.15) is 18.9 Å². The van der Waals surface area contributed by atoms with Gasteiger partial charge in [0, 0.05) is 0 Å². The second-order valence-electron chi connectivity index (χ2n) is 3.57. The van der Waals surface area contributed by atoms with E-state index in [0.29, 0.717) is 22.4 Å². The van der Waals surface area contributed by atoms with Crippen LogP contribution in [0, 0.1) is 0 Å². The highest BCUT2D eigenvalue weighted by Gasteiger charge is 2.13. The van der Waals surface area contributed by atoms with Gasteiger partial charge < -0.3 is 14.5 Å². The molecular weight excluding hydrogens is 288 g/mol. The summed E-state index contributed by atoms with van der Waals surface area (Å²) < 4.78 is 5.79. The fraction of sp³-hybridized carbons (Fsp3) is 0.273. The average Bonchev–Trinajstić information content (AvgIpc) is 2.70. The van der Waals surface area contributed by atoms with Gasteiger partial charge in [-0.2, -0.15) is 4.98 Å². The number of hydrogen-bond acceptors (Lipinski definition) is 4. The molecule has 0 fully saturated rings. The normalized spacial score (nSPS) is 10.7. The summed E-state index contributed by atoms with van der Waals surface area (Å²) in [5, 5.41) is 9.69. The minimum atomic E-state index is -0.332. The number of H-pyrrole nitrogens is 1. The van der Waals surface area contributed by atoms with Crippen LogP contribution in [0.4, 0.5) is 0 Å². The Labute approximate surface area is 106 Å². The first-order chi connectivity index (χ1) is 8.11. The molecule has 6 heteroatoms. The largest absolute Gasteiger partial charge is 0.493 e. The van der Waals surface area contributed by atoms with Crippen molar-refractivity contribution in [2.45, 2.75) is 19.8 Å². The van der Waals surface area contributed by atoms with Crippen LogP contribution in [0.3, 0.4) is 0 Å². The predicted octanol–water partition coefficient (Wildman–Crippen LogP) is 2.45. The zero-order chi connectivity index (χ0) is 12.4. The number of hydrogen-bond donors (Lipinski definition) is 2. The molecule has 0 aliphatic rings. The van der Waals surface area contributed by atoms with Gasteiger partial charge >= 0.3 is 0 Å². The standard InChI is InChI=1S/C11H11BrN2O3/c1-2-3-6-10(15)13-9(14-11(6)16)7-4-5-8(12)17-7/h4-5H,2-3H2,1H3,(H2,13,14,15,16). The molecule has 0 bridgehead atoms. The number of aromatic amines is 1. The van der Waals surface area contributed by atoms with Crippen LogP contribution in [0.5, 0.6) is 5.88 Å². The number of aromatic hydroxyl groups is 1. The van der Waals surface area contributed by atoms with E-state index in [1.807, 2.05) is 6.92 Å². The Bertz CT molecular complexity index is 589. The predicted molar refractivity (Wildman–Crippen MR) is 65.9 cm³/mol. The van der Waals surface area contributed by atoms with Gasteiger partial charge in [0.05, 0.1) is 5.56 Å². The minimum Gasteiger partial charge on any atom is -0.493 e. The van der Waals surface area contributed by atoms with E-state index < -0.39 is 0 Å². The molecule has 17 heavy (non-hydrogen) atoms. The highest BCUT2D eigenvalue weighted by atomic mass is 79.9. The molecule has 2 aromatic heterocycles. The lowest BCUT2D eigenvalue weighted by molar-refractivity contribution is 0.441. The summed E-state index contributed by atoms with van der Waals surface area (Å²) >= 11 is 3.16. The third-order valence-electron chi connectivity index (χ3n) is 2.30. The highest BCUT2D eigenvalue weighted by molar-refractivity contribution is 9.10. The SMILES string of the molecule is CCCc1c(O)nc(-c2ccc(Br)o2)[nH]c1=O.